The number of amides is 1. The fourth-order valence-corrected chi connectivity index (χ4v) is 11.4. The second kappa shape index (κ2) is 30.9. The van der Waals surface area contributed by atoms with Gasteiger partial charge in [-0.05, 0) is 84.0 Å². The van der Waals surface area contributed by atoms with Crippen LogP contribution < -0.4 is 5.32 Å². The number of hydrogen-bond acceptors (Lipinski definition) is 21. The second-order valence-corrected chi connectivity index (χ2v) is 23.0. The van der Waals surface area contributed by atoms with E-state index in [0.29, 0.717) is 25.1 Å². The zero-order chi connectivity index (χ0) is 58.4. The van der Waals surface area contributed by atoms with E-state index < -0.39 is 145 Å². The van der Waals surface area contributed by atoms with Crippen molar-refractivity contribution in [1.29, 1.82) is 0 Å². The number of pyridine rings is 1. The van der Waals surface area contributed by atoms with Crippen molar-refractivity contribution in [3.8, 4) is 0 Å². The average Bonchev–Trinajstić information content (AvgIpc) is 3.58. The van der Waals surface area contributed by atoms with Gasteiger partial charge in [0.05, 0.1) is 54.7 Å². The fourth-order valence-electron chi connectivity index (χ4n) is 11.4. The van der Waals surface area contributed by atoms with Crippen molar-refractivity contribution in [2.75, 3.05) is 48.1 Å². The molecule has 0 radical (unpaired) electrons. The molecule has 4 saturated heterocycles. The summed E-state index contributed by atoms with van der Waals surface area (Å²) in [6.45, 7) is 22.5. The van der Waals surface area contributed by atoms with Gasteiger partial charge in [0, 0.05) is 82.8 Å². The van der Waals surface area contributed by atoms with Gasteiger partial charge in [0.1, 0.15) is 43.7 Å². The Balaban J connectivity index is 1.66. The zero-order valence-electron chi connectivity index (χ0n) is 49.5. The first-order valence-electron chi connectivity index (χ1n) is 28.3. The molecule has 3 N–H and O–H groups in total. The number of cyclic esters (lactones) is 1. The number of alkyl carbamates (subject to hydrolysis) is 1. The highest BCUT2D eigenvalue weighted by atomic mass is 16.7. The van der Waals surface area contributed by atoms with Gasteiger partial charge in [-0.15, -0.1) is 0 Å². The summed E-state index contributed by atoms with van der Waals surface area (Å²) in [5, 5.41) is 29.6. The molecule has 79 heavy (non-hydrogen) atoms. The number of carbonyl (C=O) groups is 4. The van der Waals surface area contributed by atoms with E-state index in [1.54, 1.807) is 47.0 Å². The van der Waals surface area contributed by atoms with Crippen molar-refractivity contribution >= 4 is 29.5 Å². The van der Waals surface area contributed by atoms with Gasteiger partial charge < -0.3 is 77.4 Å². The van der Waals surface area contributed by atoms with Gasteiger partial charge in [-0.2, -0.15) is 0 Å². The number of oxime groups is 1. The number of nitrogens with one attached hydrogen (secondary N) is 1. The van der Waals surface area contributed by atoms with E-state index in [-0.39, 0.29) is 50.5 Å². The van der Waals surface area contributed by atoms with E-state index in [1.165, 1.54) is 21.3 Å². The minimum absolute atomic E-state index is 0.0138. The number of esters is 2. The average molecular weight is 1120 g/mol. The van der Waals surface area contributed by atoms with Crippen molar-refractivity contribution in [3.63, 3.8) is 0 Å². The molecule has 450 valence electrons. The minimum atomic E-state index is -1.46. The molecule has 22 heteroatoms. The highest BCUT2D eigenvalue weighted by Crippen LogP contribution is 2.38. The first kappa shape index (κ1) is 65.9. The number of carbonyl (C=O) groups excluding carboxylic acids is 4. The summed E-state index contributed by atoms with van der Waals surface area (Å²) < 4.78 is 70.0. The topological polar surface area (TPSA) is 260 Å². The van der Waals surface area contributed by atoms with Gasteiger partial charge in [0.15, 0.2) is 30.8 Å². The fraction of sp³-hybridized carbons (Fsp3) is 0.825. The molecular formula is C57H94N4O18. The maximum Gasteiger partial charge on any atom is 0.407 e. The number of nitrogens with zero attached hydrogens (tertiary/aromatic N) is 3. The predicted octanol–water partition coefficient (Wildman–Crippen LogP) is 5.25. The van der Waals surface area contributed by atoms with E-state index in [2.05, 4.69) is 27.3 Å². The third kappa shape index (κ3) is 18.0. The molecular weight excluding hydrogens is 1030 g/mol. The lowest BCUT2D eigenvalue weighted by molar-refractivity contribution is -0.305. The number of aliphatic hydroxyl groups is 2. The number of aliphatic hydroxyl groups excluding tert-OH is 2. The van der Waals surface area contributed by atoms with Crippen LogP contribution in [-0.2, 0) is 77.7 Å². The summed E-state index contributed by atoms with van der Waals surface area (Å²) in [5.74, 6) is -7.24. The van der Waals surface area contributed by atoms with Crippen LogP contribution in [-0.4, -0.2) is 196 Å². The highest BCUT2D eigenvalue weighted by Gasteiger charge is 2.50. The Labute approximate surface area is 467 Å². The molecule has 0 aliphatic carbocycles. The van der Waals surface area contributed by atoms with Crippen LogP contribution in [0.5, 0.6) is 0 Å². The Morgan fingerprint density at radius 2 is 1.49 bits per heavy atom. The molecule has 1 aromatic rings. The minimum Gasteiger partial charge on any atom is -0.461 e. The molecule has 0 unspecified atom stereocenters. The van der Waals surface area contributed by atoms with Crippen LogP contribution in [0.15, 0.2) is 29.7 Å². The molecule has 4 aliphatic rings. The van der Waals surface area contributed by atoms with Gasteiger partial charge in [0.2, 0.25) is 0 Å². The summed E-state index contributed by atoms with van der Waals surface area (Å²) in [7, 11) is 6.30. The molecule has 4 fully saturated rings. The first-order chi connectivity index (χ1) is 37.4. The summed E-state index contributed by atoms with van der Waals surface area (Å²) in [6, 6.07) is 3.68. The molecule has 0 bridgehead atoms. The highest BCUT2D eigenvalue weighted by molar-refractivity contribution is 5.89. The number of aromatic nitrogens is 1. The van der Waals surface area contributed by atoms with E-state index in [9.17, 15) is 19.8 Å². The molecule has 0 aromatic carbocycles. The Hall–Kier alpha value is -3.94. The summed E-state index contributed by atoms with van der Waals surface area (Å²) in [4.78, 5) is 70.2. The number of Topliss-reactive ketones (excluding diaryl/α,β-unsaturated/α-hetero) is 1. The van der Waals surface area contributed by atoms with Crippen LogP contribution in [0, 0.1) is 41.4 Å². The van der Waals surface area contributed by atoms with Crippen LogP contribution in [0.3, 0.4) is 0 Å². The van der Waals surface area contributed by atoms with Crippen LogP contribution in [0.25, 0.3) is 0 Å². The van der Waals surface area contributed by atoms with E-state index >= 15 is 9.59 Å². The number of ketones is 1. The lowest BCUT2D eigenvalue weighted by atomic mass is 9.78. The quantitative estimate of drug-likeness (QED) is 0.0963. The van der Waals surface area contributed by atoms with Crippen LogP contribution >= 0.6 is 0 Å². The Bertz CT molecular complexity index is 2090. The number of ether oxygens (including phenoxy) is 11. The van der Waals surface area contributed by atoms with Crippen molar-refractivity contribution in [2.24, 2.45) is 46.6 Å². The third-order valence-corrected chi connectivity index (χ3v) is 16.0. The monoisotopic (exact) mass is 1120 g/mol. The van der Waals surface area contributed by atoms with Crippen molar-refractivity contribution in [1.82, 2.24) is 15.2 Å². The Kier molecular flexibility index (Phi) is 25.8. The smallest absolute Gasteiger partial charge is 0.407 e. The predicted molar refractivity (Wildman–Crippen MR) is 288 cm³/mol. The largest absolute Gasteiger partial charge is 0.461 e. The van der Waals surface area contributed by atoms with Gasteiger partial charge >= 0.3 is 18.0 Å². The van der Waals surface area contributed by atoms with Gasteiger partial charge in [0.25, 0.3) is 0 Å². The van der Waals surface area contributed by atoms with Crippen LogP contribution in [0.2, 0.25) is 0 Å². The van der Waals surface area contributed by atoms with Gasteiger partial charge in [-0.25, -0.2) is 4.79 Å². The molecule has 5 heterocycles. The number of rotatable bonds is 18. The molecule has 0 spiro atoms. The maximum atomic E-state index is 15.5. The lowest BCUT2D eigenvalue weighted by Gasteiger charge is -2.44. The second-order valence-electron chi connectivity index (χ2n) is 23.0. The standard InChI is InChI=1S/C57H94N4O18/c1-29(2)23-43(62)76-50-35(8)45(63)42(75-57(67)59-22-19-40-17-20-58-21-18-40)24-30(3)48(79-55-47(65)41(60-70-16)26-33(6)73-55)36(9)51(77-44-25-32(5)61(13)27-34(7)72-44)38(11)54(66)78-49(37(50)10)31(4)28-71-56-53(69-15)52(68-14)46(64)39(12)74-56/h17-18,20-21,29-39,42,44,46-53,55-56,64-65H,19,22-28H2,1-16H3,(H,59,67)/t30-,31-,32-,33+,34-,35-,36+,37-,38+,39+,42-,44-,46+,47+,48-,49+,50-,51-,52+,53+,55-,56+/m0/s1. The summed E-state index contributed by atoms with van der Waals surface area (Å²) >= 11 is 0. The lowest BCUT2D eigenvalue weighted by Crippen LogP contribution is -2.59. The van der Waals surface area contributed by atoms with Gasteiger partial charge in [-0.3, -0.25) is 19.4 Å². The third-order valence-electron chi connectivity index (χ3n) is 16.0. The molecule has 4 aliphatic heterocycles. The first-order valence-corrected chi connectivity index (χ1v) is 28.3. The summed E-state index contributed by atoms with van der Waals surface area (Å²) in [6.07, 6.45) is -11.0. The SMILES string of the molecule is CON=C1C[C@@H](C)O[C@@H](O[C@@H]2[C@@H](C)[C@H](O[C@H]3C[C@H](C)N(C)C[C@H](C)O3)[C@@H](C)C(=O)O[C@H]([C@@H](C)CO[C@@H]3O[C@H](C)[C@@H](O)[C@@H](OC)[C@H]3OC)[C@H](C)[C@@H](OC(=O)CC(C)C)[C@@H](C)C(=O)[C@@H](OC(=O)NCCc3ccncc3)C[C@@H]2C)[C@@H]1O. The van der Waals surface area contributed by atoms with Crippen molar-refractivity contribution in [2.45, 2.75) is 213 Å². The Morgan fingerprint density at radius 1 is 0.810 bits per heavy atom. The zero-order valence-corrected chi connectivity index (χ0v) is 49.5. The van der Waals surface area contributed by atoms with Crippen LogP contribution in [0.1, 0.15) is 114 Å². The normalized spacial score (nSPS) is 38.5. The molecule has 1 amide bonds. The Morgan fingerprint density at radius 3 is 2.14 bits per heavy atom. The number of methoxy groups -OCH3 is 2. The molecule has 22 atom stereocenters. The summed E-state index contributed by atoms with van der Waals surface area (Å²) in [5.41, 5.74) is 1.21. The maximum absolute atomic E-state index is 15.5. The number of hydrogen-bond donors (Lipinski definition) is 3. The number of likely N-dealkylation sites (N-methyl/N-ethyl adjacent to an activating group) is 1. The van der Waals surface area contributed by atoms with E-state index in [0.717, 1.165) is 5.56 Å². The molecule has 5 rings (SSSR count). The van der Waals surface area contributed by atoms with E-state index in [1.807, 2.05) is 60.7 Å². The van der Waals surface area contributed by atoms with Crippen molar-refractivity contribution < 1.29 is 86.3 Å². The molecule has 1 aromatic heterocycles. The van der Waals surface area contributed by atoms with E-state index in [4.69, 9.17) is 56.9 Å². The van der Waals surface area contributed by atoms with Gasteiger partial charge in [-0.1, -0.05) is 53.6 Å². The molecule has 0 saturated carbocycles. The molecule has 22 nitrogen and oxygen atoms in total. The van der Waals surface area contributed by atoms with Crippen LogP contribution in [0.4, 0.5) is 4.79 Å². The van der Waals surface area contributed by atoms with Crippen molar-refractivity contribution in [3.05, 3.63) is 30.1 Å².